The first-order valence-corrected chi connectivity index (χ1v) is 9.30. The van der Waals surface area contributed by atoms with Gasteiger partial charge in [0.1, 0.15) is 6.33 Å². The fourth-order valence-electron chi connectivity index (χ4n) is 2.83. The lowest BCUT2D eigenvalue weighted by Gasteiger charge is -2.05. The molecule has 0 aliphatic heterocycles. The van der Waals surface area contributed by atoms with Crippen LogP contribution in [0, 0.1) is 0 Å². The molecule has 0 aliphatic carbocycles. The standard InChI is InChI=1S/C17H18N12O2/c1-3-4-13-14(21-26-29(13)16-15(18)23-31-24-16)17(30)22-20-10(2)11-5-7-12(8-6-11)28-9-19-25-27-28/h5-9H,3-4H2,1-2H3,(H2,18,23)(H,22,30). The van der Waals surface area contributed by atoms with Crippen LogP contribution < -0.4 is 11.2 Å². The average Bonchev–Trinajstić information content (AvgIpc) is 3.53. The molecule has 31 heavy (non-hydrogen) atoms. The van der Waals surface area contributed by atoms with Crippen LogP contribution in [-0.2, 0) is 6.42 Å². The predicted octanol–water partition coefficient (Wildman–Crippen LogP) is 0.315. The van der Waals surface area contributed by atoms with E-state index in [0.29, 0.717) is 17.8 Å². The number of hydrogen-bond acceptors (Lipinski definition) is 11. The van der Waals surface area contributed by atoms with E-state index < -0.39 is 5.91 Å². The monoisotopic (exact) mass is 422 g/mol. The first-order chi connectivity index (χ1) is 15.1. The second-order valence-corrected chi connectivity index (χ2v) is 6.46. The van der Waals surface area contributed by atoms with Gasteiger partial charge in [-0.3, -0.25) is 4.79 Å². The van der Waals surface area contributed by atoms with Crippen molar-refractivity contribution in [2.75, 3.05) is 5.73 Å². The molecular weight excluding hydrogens is 404 g/mol. The van der Waals surface area contributed by atoms with Crippen molar-refractivity contribution in [3.05, 3.63) is 47.5 Å². The van der Waals surface area contributed by atoms with E-state index in [1.165, 1.54) is 15.7 Å². The Bertz CT molecular complexity index is 1210. The SMILES string of the molecule is CCCc1c(C(=O)NN=C(C)c2ccc(-n3cnnn3)cc2)nnn1-c1nonc1N. The number of benzene rings is 1. The summed E-state index contributed by atoms with van der Waals surface area (Å²) in [6, 6.07) is 7.38. The summed E-state index contributed by atoms with van der Waals surface area (Å²) < 4.78 is 7.50. The third-order valence-corrected chi connectivity index (χ3v) is 4.39. The minimum absolute atomic E-state index is 0.0493. The van der Waals surface area contributed by atoms with Crippen molar-refractivity contribution in [2.24, 2.45) is 5.10 Å². The zero-order valence-corrected chi connectivity index (χ0v) is 16.7. The van der Waals surface area contributed by atoms with Gasteiger partial charge in [-0.25, -0.2) is 14.7 Å². The van der Waals surface area contributed by atoms with Gasteiger partial charge in [0.05, 0.1) is 17.1 Å². The highest BCUT2D eigenvalue weighted by molar-refractivity contribution is 6.00. The molecular formula is C17H18N12O2. The molecule has 158 valence electrons. The highest BCUT2D eigenvalue weighted by Crippen LogP contribution is 2.17. The van der Waals surface area contributed by atoms with Crippen LogP contribution in [0.5, 0.6) is 0 Å². The quantitative estimate of drug-likeness (QED) is 0.311. The molecule has 0 unspecified atom stereocenters. The largest absolute Gasteiger partial charge is 0.378 e. The number of tetrazole rings is 1. The van der Waals surface area contributed by atoms with Crippen molar-refractivity contribution >= 4 is 17.4 Å². The molecule has 0 saturated heterocycles. The van der Waals surface area contributed by atoms with Gasteiger partial charge in [0.25, 0.3) is 5.91 Å². The maximum atomic E-state index is 12.7. The molecule has 0 spiro atoms. The number of hydrogen-bond donors (Lipinski definition) is 2. The predicted molar refractivity (Wildman–Crippen MR) is 106 cm³/mol. The molecule has 1 aromatic carbocycles. The van der Waals surface area contributed by atoms with Crippen LogP contribution in [0.1, 0.15) is 42.0 Å². The lowest BCUT2D eigenvalue weighted by Crippen LogP contribution is -2.21. The Hall–Kier alpha value is -4.49. The number of nitrogens with one attached hydrogen (secondary N) is 1. The van der Waals surface area contributed by atoms with Gasteiger partial charge in [-0.1, -0.05) is 30.7 Å². The van der Waals surface area contributed by atoms with Gasteiger partial charge in [0.2, 0.25) is 11.6 Å². The van der Waals surface area contributed by atoms with Crippen molar-refractivity contribution in [1.82, 2.24) is 50.9 Å². The molecule has 0 radical (unpaired) electrons. The number of amides is 1. The summed E-state index contributed by atoms with van der Waals surface area (Å²) in [7, 11) is 0. The molecule has 14 heteroatoms. The van der Waals surface area contributed by atoms with Gasteiger partial charge in [-0.05, 0) is 51.8 Å². The van der Waals surface area contributed by atoms with E-state index in [0.717, 1.165) is 17.7 Å². The van der Waals surface area contributed by atoms with E-state index in [1.807, 2.05) is 31.2 Å². The molecule has 3 N–H and O–H groups in total. The number of hydrazone groups is 1. The Morgan fingerprint density at radius 2 is 2.03 bits per heavy atom. The number of rotatable bonds is 7. The van der Waals surface area contributed by atoms with E-state index >= 15 is 0 Å². The Balaban J connectivity index is 1.52. The number of carbonyl (C=O) groups excluding carboxylic acids is 1. The number of aromatic nitrogens is 9. The highest BCUT2D eigenvalue weighted by Gasteiger charge is 2.23. The van der Waals surface area contributed by atoms with Gasteiger partial charge in [0.15, 0.2) is 5.69 Å². The Labute approximate surface area is 175 Å². The second kappa shape index (κ2) is 8.48. The smallest absolute Gasteiger partial charge is 0.293 e. The van der Waals surface area contributed by atoms with Crippen molar-refractivity contribution in [2.45, 2.75) is 26.7 Å². The summed E-state index contributed by atoms with van der Waals surface area (Å²) in [6.07, 6.45) is 2.76. The highest BCUT2D eigenvalue weighted by atomic mass is 16.6. The molecule has 3 aromatic heterocycles. The number of nitrogens with zero attached hydrogens (tertiary/aromatic N) is 10. The molecule has 1 amide bonds. The van der Waals surface area contributed by atoms with Crippen LogP contribution >= 0.6 is 0 Å². The van der Waals surface area contributed by atoms with E-state index in [9.17, 15) is 4.79 Å². The second-order valence-electron chi connectivity index (χ2n) is 6.46. The zero-order chi connectivity index (χ0) is 21.8. The Morgan fingerprint density at radius 3 is 2.68 bits per heavy atom. The minimum Gasteiger partial charge on any atom is -0.378 e. The van der Waals surface area contributed by atoms with Gasteiger partial charge in [-0.2, -0.15) is 9.78 Å². The van der Waals surface area contributed by atoms with Gasteiger partial charge >= 0.3 is 0 Å². The van der Waals surface area contributed by atoms with E-state index in [-0.39, 0.29) is 17.3 Å². The van der Waals surface area contributed by atoms with Crippen LogP contribution in [0.3, 0.4) is 0 Å². The molecule has 0 aliphatic rings. The lowest BCUT2D eigenvalue weighted by molar-refractivity contribution is 0.0948. The first-order valence-electron chi connectivity index (χ1n) is 9.30. The van der Waals surface area contributed by atoms with Crippen molar-refractivity contribution < 1.29 is 9.42 Å². The summed E-state index contributed by atoms with van der Waals surface area (Å²) in [5.41, 5.74) is 11.1. The fraction of sp³-hybridized carbons (Fsp3) is 0.235. The molecule has 4 aromatic rings. The number of nitrogens with two attached hydrogens (primary N) is 1. The van der Waals surface area contributed by atoms with E-state index in [2.05, 4.69) is 51.3 Å². The molecule has 0 atom stereocenters. The maximum Gasteiger partial charge on any atom is 0.293 e. The Kier molecular flexibility index (Phi) is 5.42. The Morgan fingerprint density at radius 1 is 1.23 bits per heavy atom. The van der Waals surface area contributed by atoms with Gasteiger partial charge in [0, 0.05) is 0 Å². The van der Waals surface area contributed by atoms with Gasteiger partial charge < -0.3 is 5.73 Å². The van der Waals surface area contributed by atoms with Crippen LogP contribution in [0.25, 0.3) is 11.5 Å². The van der Waals surface area contributed by atoms with Crippen molar-refractivity contribution in [3.63, 3.8) is 0 Å². The summed E-state index contributed by atoms with van der Waals surface area (Å²) in [5.74, 6) is -0.278. The fourth-order valence-corrected chi connectivity index (χ4v) is 2.83. The summed E-state index contributed by atoms with van der Waals surface area (Å²) in [5, 5.41) is 30.4. The van der Waals surface area contributed by atoms with Crippen LogP contribution in [0.4, 0.5) is 5.82 Å². The van der Waals surface area contributed by atoms with Crippen LogP contribution in [0.2, 0.25) is 0 Å². The summed E-state index contributed by atoms with van der Waals surface area (Å²) >= 11 is 0. The first kappa shape index (κ1) is 19.8. The molecule has 14 nitrogen and oxygen atoms in total. The van der Waals surface area contributed by atoms with Crippen LogP contribution in [0.15, 0.2) is 40.3 Å². The molecule has 3 heterocycles. The summed E-state index contributed by atoms with van der Waals surface area (Å²) in [6.45, 7) is 3.74. The normalized spacial score (nSPS) is 11.6. The third-order valence-electron chi connectivity index (χ3n) is 4.39. The number of carbonyl (C=O) groups is 1. The topological polar surface area (TPSA) is 181 Å². The minimum atomic E-state index is -0.505. The molecule has 0 saturated carbocycles. The van der Waals surface area contributed by atoms with E-state index in [1.54, 1.807) is 6.92 Å². The van der Waals surface area contributed by atoms with E-state index in [4.69, 9.17) is 5.73 Å². The number of nitrogen functional groups attached to an aromatic ring is 1. The zero-order valence-electron chi connectivity index (χ0n) is 16.7. The molecule has 0 bridgehead atoms. The van der Waals surface area contributed by atoms with Crippen LogP contribution in [-0.4, -0.2) is 57.1 Å². The summed E-state index contributed by atoms with van der Waals surface area (Å²) in [4.78, 5) is 12.7. The number of anilines is 1. The van der Waals surface area contributed by atoms with Crippen molar-refractivity contribution in [1.29, 1.82) is 0 Å². The molecule has 4 rings (SSSR count). The molecule has 0 fully saturated rings. The average molecular weight is 422 g/mol. The van der Waals surface area contributed by atoms with Crippen molar-refractivity contribution in [3.8, 4) is 11.5 Å². The maximum absolute atomic E-state index is 12.7. The van der Waals surface area contributed by atoms with Gasteiger partial charge in [-0.15, -0.1) is 10.2 Å². The third kappa shape index (κ3) is 3.98. The lowest BCUT2D eigenvalue weighted by atomic mass is 10.1.